The van der Waals surface area contributed by atoms with Crippen molar-refractivity contribution < 1.29 is 38.1 Å². The molecule has 0 N–H and O–H groups in total. The quantitative estimate of drug-likeness (QED) is 0.273. The van der Waals surface area contributed by atoms with Gasteiger partial charge in [-0.2, -0.15) is 0 Å². The van der Waals surface area contributed by atoms with E-state index in [-0.39, 0.29) is 29.9 Å². The highest BCUT2D eigenvalue weighted by atomic mass is 127. The van der Waals surface area contributed by atoms with E-state index in [0.29, 0.717) is 5.56 Å². The summed E-state index contributed by atoms with van der Waals surface area (Å²) >= 11 is 1.53. The first-order chi connectivity index (χ1) is 6.19. The summed E-state index contributed by atoms with van der Waals surface area (Å²) in [7, 11) is 3.31. The zero-order chi connectivity index (χ0) is 9.84. The number of carbonyl (C=O) groups is 1. The van der Waals surface area contributed by atoms with E-state index in [1.165, 1.54) is 18.9 Å². The molecule has 0 bridgehead atoms. The maximum Gasteiger partial charge on any atom is 0.339 e. The molecule has 3 nitrogen and oxygen atoms in total. The van der Waals surface area contributed by atoms with Gasteiger partial charge in [0, 0.05) is 6.07 Å². The van der Waals surface area contributed by atoms with Crippen LogP contribution in [-0.4, -0.2) is 19.3 Å². The van der Waals surface area contributed by atoms with Crippen LogP contribution < -0.4 is 28.5 Å². The van der Waals surface area contributed by atoms with Crippen LogP contribution in [-0.2, 0) is 11.8 Å². The highest BCUT2D eigenvalue weighted by molar-refractivity contribution is 7.98. The molecule has 0 aliphatic heterocycles. The van der Waals surface area contributed by atoms with E-state index in [2.05, 4.69) is 4.74 Å². The molecule has 0 spiro atoms. The molecule has 0 saturated carbocycles. The zero-order valence-corrected chi connectivity index (χ0v) is 11.3. The van der Waals surface area contributed by atoms with E-state index in [0.717, 1.165) is 4.90 Å². The summed E-state index contributed by atoms with van der Waals surface area (Å²) in [5.74, 6) is -0.287. The van der Waals surface area contributed by atoms with Crippen LogP contribution in [0.1, 0.15) is 10.4 Å². The monoisotopic (exact) mass is 325 g/mol. The Morgan fingerprint density at radius 3 is 2.71 bits per heavy atom. The third-order valence-electron chi connectivity index (χ3n) is 1.69. The Morgan fingerprint density at radius 1 is 1.57 bits per heavy atom. The minimum Gasteiger partial charge on any atom is -1.00 e. The van der Waals surface area contributed by atoms with E-state index in [4.69, 9.17) is 0 Å². The van der Waals surface area contributed by atoms with Crippen molar-refractivity contribution in [3.8, 4) is 0 Å². The molecule has 0 fully saturated rings. The van der Waals surface area contributed by atoms with E-state index in [1.54, 1.807) is 6.07 Å². The fraction of sp³-hybridized carbons (Fsp3) is 0.333. The van der Waals surface area contributed by atoms with Crippen molar-refractivity contribution in [2.24, 2.45) is 7.05 Å². The number of aryl methyl sites for hydroxylation is 1. The lowest BCUT2D eigenvalue weighted by atomic mass is 10.3. The van der Waals surface area contributed by atoms with Gasteiger partial charge in [-0.05, 0) is 6.26 Å². The molecule has 78 valence electrons. The molecule has 14 heavy (non-hydrogen) atoms. The standard InChI is InChI=1S/C9H12NO2S.HI/c1-10-5-4-7(9(11)12-2)8(6-10)13-3;/h4-6H,1-3H3;1H/q+1;/p-1. The molecule has 1 aromatic rings. The Morgan fingerprint density at radius 2 is 2.21 bits per heavy atom. The Kier molecular flexibility index (Phi) is 6.10. The lowest BCUT2D eigenvalue weighted by Gasteiger charge is -2.02. The van der Waals surface area contributed by atoms with Gasteiger partial charge in [0.1, 0.15) is 7.05 Å². The van der Waals surface area contributed by atoms with Crippen LogP contribution in [0.25, 0.3) is 0 Å². The van der Waals surface area contributed by atoms with Crippen molar-refractivity contribution >= 4 is 17.7 Å². The number of thioether (sulfide) groups is 1. The summed E-state index contributed by atoms with van der Waals surface area (Å²) in [5.41, 5.74) is 0.619. The lowest BCUT2D eigenvalue weighted by molar-refractivity contribution is -0.673. The molecule has 0 atom stereocenters. The first-order valence-electron chi connectivity index (χ1n) is 3.80. The second-order valence-corrected chi connectivity index (χ2v) is 3.43. The minimum absolute atomic E-state index is 0. The molecule has 0 aliphatic rings. The predicted molar refractivity (Wildman–Crippen MR) is 50.7 cm³/mol. The largest absolute Gasteiger partial charge is 1.00 e. The SMILES string of the molecule is COC(=O)c1cc[n+](C)cc1SC.[I-]. The summed E-state index contributed by atoms with van der Waals surface area (Å²) in [6, 6.07) is 1.76. The molecular weight excluding hydrogens is 313 g/mol. The summed E-state index contributed by atoms with van der Waals surface area (Å²) in [5, 5.41) is 0. The highest BCUT2D eigenvalue weighted by Gasteiger charge is 2.13. The average Bonchev–Trinajstić information content (AvgIpc) is 2.16. The fourth-order valence-corrected chi connectivity index (χ4v) is 1.66. The van der Waals surface area contributed by atoms with Crippen LogP contribution >= 0.6 is 11.8 Å². The first-order valence-corrected chi connectivity index (χ1v) is 5.03. The summed E-state index contributed by atoms with van der Waals surface area (Å²) < 4.78 is 6.56. The van der Waals surface area contributed by atoms with Crippen molar-refractivity contribution in [2.45, 2.75) is 4.90 Å². The number of rotatable bonds is 2. The Hall–Kier alpha value is -0.300. The van der Waals surface area contributed by atoms with E-state index >= 15 is 0 Å². The molecule has 1 rings (SSSR count). The molecule has 0 unspecified atom stereocenters. The predicted octanol–water partition coefficient (Wildman–Crippen LogP) is -1.98. The Bertz CT molecular complexity index is 331. The fourth-order valence-electron chi connectivity index (χ4n) is 1.01. The number of pyridine rings is 1. The summed E-state index contributed by atoms with van der Waals surface area (Å²) in [4.78, 5) is 12.2. The van der Waals surface area contributed by atoms with Gasteiger partial charge in [0.15, 0.2) is 12.4 Å². The van der Waals surface area contributed by atoms with Crippen LogP contribution in [0.3, 0.4) is 0 Å². The number of aromatic nitrogens is 1. The third-order valence-corrected chi connectivity index (χ3v) is 2.45. The molecule has 1 aromatic heterocycles. The number of carbonyl (C=O) groups excluding carboxylic acids is 1. The van der Waals surface area contributed by atoms with Crippen LogP contribution in [0, 0.1) is 0 Å². The molecule has 0 saturated heterocycles. The molecule has 0 aliphatic carbocycles. The van der Waals surface area contributed by atoms with E-state index < -0.39 is 0 Å². The summed E-state index contributed by atoms with van der Waals surface area (Å²) in [6.07, 6.45) is 5.66. The zero-order valence-electron chi connectivity index (χ0n) is 8.28. The third kappa shape index (κ3) is 3.13. The Balaban J connectivity index is 0.00000169. The molecule has 0 radical (unpaired) electrons. The van der Waals surface area contributed by atoms with Gasteiger partial charge < -0.3 is 28.7 Å². The number of ether oxygens (including phenoxy) is 1. The number of hydrogen-bond donors (Lipinski definition) is 0. The number of methoxy groups -OCH3 is 1. The lowest BCUT2D eigenvalue weighted by Crippen LogP contribution is -3.00. The van der Waals surface area contributed by atoms with E-state index in [9.17, 15) is 4.79 Å². The second-order valence-electron chi connectivity index (χ2n) is 2.58. The number of hydrogen-bond acceptors (Lipinski definition) is 3. The van der Waals surface area contributed by atoms with Gasteiger partial charge in [-0.1, -0.05) is 0 Å². The molecule has 0 amide bonds. The summed E-state index contributed by atoms with van der Waals surface area (Å²) in [6.45, 7) is 0. The normalized spacial score (nSPS) is 9.07. The van der Waals surface area contributed by atoms with Gasteiger partial charge in [0.25, 0.3) is 0 Å². The minimum atomic E-state index is -0.287. The smallest absolute Gasteiger partial charge is 0.339 e. The van der Waals surface area contributed by atoms with Gasteiger partial charge in [-0.3, -0.25) is 0 Å². The van der Waals surface area contributed by atoms with Gasteiger partial charge in [-0.25, -0.2) is 9.36 Å². The molecule has 1 heterocycles. The number of nitrogens with zero attached hydrogens (tertiary/aromatic N) is 1. The van der Waals surface area contributed by atoms with Crippen molar-refractivity contribution in [2.75, 3.05) is 13.4 Å². The molecule has 0 aromatic carbocycles. The van der Waals surface area contributed by atoms with Crippen LogP contribution in [0.4, 0.5) is 0 Å². The number of halogens is 1. The van der Waals surface area contributed by atoms with Crippen LogP contribution in [0.2, 0.25) is 0 Å². The second kappa shape index (κ2) is 6.23. The van der Waals surface area contributed by atoms with Gasteiger partial charge in [-0.15, -0.1) is 11.8 Å². The topological polar surface area (TPSA) is 30.2 Å². The Labute approximate surface area is 105 Å². The maximum atomic E-state index is 11.3. The number of esters is 1. The molecular formula is C9H12INO2S. The molecule has 5 heteroatoms. The van der Waals surface area contributed by atoms with Gasteiger partial charge in [0.05, 0.1) is 17.6 Å². The van der Waals surface area contributed by atoms with Crippen molar-refractivity contribution in [1.29, 1.82) is 0 Å². The maximum absolute atomic E-state index is 11.3. The van der Waals surface area contributed by atoms with Gasteiger partial charge in [0.2, 0.25) is 0 Å². The van der Waals surface area contributed by atoms with E-state index in [1.807, 2.05) is 30.3 Å². The van der Waals surface area contributed by atoms with Crippen LogP contribution in [0.5, 0.6) is 0 Å². The van der Waals surface area contributed by atoms with Gasteiger partial charge >= 0.3 is 5.97 Å². The van der Waals surface area contributed by atoms with Crippen molar-refractivity contribution in [3.05, 3.63) is 24.0 Å². The van der Waals surface area contributed by atoms with Crippen molar-refractivity contribution in [1.82, 2.24) is 0 Å². The van der Waals surface area contributed by atoms with Crippen LogP contribution in [0.15, 0.2) is 23.4 Å². The highest BCUT2D eigenvalue weighted by Crippen LogP contribution is 2.18. The first kappa shape index (κ1) is 13.7. The average molecular weight is 325 g/mol. The van der Waals surface area contributed by atoms with Crippen molar-refractivity contribution in [3.63, 3.8) is 0 Å².